The number of nitrogens with one attached hydrogen (secondary N) is 1. The van der Waals surface area contributed by atoms with Crippen LogP contribution in [0.1, 0.15) is 18.5 Å². The van der Waals surface area contributed by atoms with E-state index in [0.29, 0.717) is 36.2 Å². The summed E-state index contributed by atoms with van der Waals surface area (Å²) in [6, 6.07) is 9.39. The third kappa shape index (κ3) is 3.71. The average molecular weight is 379 g/mol. The van der Waals surface area contributed by atoms with Crippen LogP contribution in [0.2, 0.25) is 0 Å². The van der Waals surface area contributed by atoms with E-state index in [-0.39, 0.29) is 4.90 Å². The molecule has 1 aliphatic heterocycles. The van der Waals surface area contributed by atoms with Crippen LogP contribution in [0, 0.1) is 0 Å². The molecule has 0 bridgehead atoms. The molecule has 1 N–H and O–H groups in total. The molecule has 8 heteroatoms. The maximum Gasteiger partial charge on any atom is 0.241 e. The Bertz CT molecular complexity index is 897. The minimum absolute atomic E-state index is 0.0968. The maximum atomic E-state index is 12.7. The van der Waals surface area contributed by atoms with Gasteiger partial charge < -0.3 is 18.9 Å². The molecular weight excluding hydrogens is 358 g/mol. The summed E-state index contributed by atoms with van der Waals surface area (Å²) in [5.74, 6) is 2.09. The molecule has 0 saturated heterocycles. The first-order valence-corrected chi connectivity index (χ1v) is 9.57. The second kappa shape index (κ2) is 7.43. The van der Waals surface area contributed by atoms with Gasteiger partial charge in [-0.2, -0.15) is 0 Å². The fourth-order valence-electron chi connectivity index (χ4n) is 2.68. The first kappa shape index (κ1) is 18.3. The molecule has 2 aromatic carbocycles. The number of methoxy groups -OCH3 is 2. The Balaban J connectivity index is 1.83. The van der Waals surface area contributed by atoms with Gasteiger partial charge in [0.05, 0.1) is 19.1 Å². The smallest absolute Gasteiger partial charge is 0.241 e. The molecule has 7 nitrogen and oxygen atoms in total. The van der Waals surface area contributed by atoms with Gasteiger partial charge in [-0.1, -0.05) is 6.07 Å². The van der Waals surface area contributed by atoms with Crippen molar-refractivity contribution < 1.29 is 27.4 Å². The third-order valence-corrected chi connectivity index (χ3v) is 5.60. The zero-order valence-electron chi connectivity index (χ0n) is 14.8. The highest BCUT2D eigenvalue weighted by atomic mass is 32.2. The van der Waals surface area contributed by atoms with Gasteiger partial charge in [0.25, 0.3) is 0 Å². The van der Waals surface area contributed by atoms with Crippen LogP contribution >= 0.6 is 0 Å². The van der Waals surface area contributed by atoms with Crippen molar-refractivity contribution >= 4 is 10.0 Å². The molecule has 0 aromatic heterocycles. The van der Waals surface area contributed by atoms with Crippen molar-refractivity contribution in [2.75, 3.05) is 27.4 Å². The van der Waals surface area contributed by atoms with Crippen LogP contribution in [0.5, 0.6) is 23.0 Å². The van der Waals surface area contributed by atoms with Gasteiger partial charge in [-0.15, -0.1) is 0 Å². The highest BCUT2D eigenvalue weighted by molar-refractivity contribution is 7.89. The number of ether oxygens (including phenoxy) is 4. The van der Waals surface area contributed by atoms with Gasteiger partial charge in [0, 0.05) is 12.1 Å². The number of hydrogen-bond donors (Lipinski definition) is 1. The second-order valence-corrected chi connectivity index (χ2v) is 7.48. The monoisotopic (exact) mass is 379 g/mol. The van der Waals surface area contributed by atoms with Crippen LogP contribution in [0.3, 0.4) is 0 Å². The highest BCUT2D eigenvalue weighted by Gasteiger charge is 2.22. The van der Waals surface area contributed by atoms with Gasteiger partial charge in [0.2, 0.25) is 10.0 Å². The van der Waals surface area contributed by atoms with Crippen molar-refractivity contribution in [1.82, 2.24) is 4.72 Å². The summed E-state index contributed by atoms with van der Waals surface area (Å²) < 4.78 is 49.4. The largest absolute Gasteiger partial charge is 0.493 e. The van der Waals surface area contributed by atoms with Crippen molar-refractivity contribution in [1.29, 1.82) is 0 Å². The van der Waals surface area contributed by atoms with Gasteiger partial charge in [0.15, 0.2) is 23.0 Å². The molecule has 0 aliphatic carbocycles. The molecule has 140 valence electrons. The van der Waals surface area contributed by atoms with Gasteiger partial charge in [0.1, 0.15) is 13.2 Å². The molecular formula is C18H21NO6S. The number of sulfonamides is 1. The third-order valence-electron chi connectivity index (χ3n) is 4.06. The van der Waals surface area contributed by atoms with Gasteiger partial charge >= 0.3 is 0 Å². The van der Waals surface area contributed by atoms with Gasteiger partial charge in [-0.3, -0.25) is 0 Å². The summed E-state index contributed by atoms with van der Waals surface area (Å²) in [5, 5.41) is 0. The van der Waals surface area contributed by atoms with Crippen molar-refractivity contribution in [2.24, 2.45) is 0 Å². The van der Waals surface area contributed by atoms with E-state index in [4.69, 9.17) is 18.9 Å². The summed E-state index contributed by atoms with van der Waals surface area (Å²) in [6.45, 7) is 2.75. The standard InChI is InChI=1S/C18H21NO6S/c1-12(13-4-6-16-18(10-13)25-9-8-24-16)19-26(20,21)14-5-7-15(22-2)17(11-14)23-3/h4-7,10-12,19H,8-9H2,1-3H3. The first-order valence-electron chi connectivity index (χ1n) is 8.08. The summed E-state index contributed by atoms with van der Waals surface area (Å²) in [4.78, 5) is 0.0968. The van der Waals surface area contributed by atoms with Crippen LogP contribution < -0.4 is 23.7 Å². The minimum atomic E-state index is -3.74. The summed E-state index contributed by atoms with van der Waals surface area (Å²) >= 11 is 0. The zero-order chi connectivity index (χ0) is 18.7. The predicted molar refractivity (Wildman–Crippen MR) is 95.7 cm³/mol. The molecule has 1 aliphatic rings. The lowest BCUT2D eigenvalue weighted by Gasteiger charge is -2.21. The van der Waals surface area contributed by atoms with E-state index in [9.17, 15) is 8.42 Å². The molecule has 26 heavy (non-hydrogen) atoms. The molecule has 3 rings (SSSR count). The molecule has 1 heterocycles. The van der Waals surface area contributed by atoms with E-state index in [1.807, 2.05) is 6.07 Å². The van der Waals surface area contributed by atoms with E-state index in [1.165, 1.54) is 26.4 Å². The number of benzene rings is 2. The molecule has 2 aromatic rings. The lowest BCUT2D eigenvalue weighted by molar-refractivity contribution is 0.171. The number of rotatable bonds is 6. The Morgan fingerprint density at radius 3 is 2.35 bits per heavy atom. The van der Waals surface area contributed by atoms with Crippen molar-refractivity contribution in [3.8, 4) is 23.0 Å². The topological polar surface area (TPSA) is 83.1 Å². The van der Waals surface area contributed by atoms with Crippen LogP contribution in [0.25, 0.3) is 0 Å². The SMILES string of the molecule is COc1ccc(S(=O)(=O)NC(C)c2ccc3c(c2)OCCO3)cc1OC. The summed E-state index contributed by atoms with van der Waals surface area (Å²) in [7, 11) is -0.792. The molecule has 1 unspecified atom stereocenters. The zero-order valence-corrected chi connectivity index (χ0v) is 15.6. The summed E-state index contributed by atoms with van der Waals surface area (Å²) in [5.41, 5.74) is 0.776. The van der Waals surface area contributed by atoms with E-state index >= 15 is 0 Å². The van der Waals surface area contributed by atoms with Crippen LogP contribution in [0.4, 0.5) is 0 Å². The highest BCUT2D eigenvalue weighted by Crippen LogP contribution is 2.33. The minimum Gasteiger partial charge on any atom is -0.493 e. The Morgan fingerprint density at radius 1 is 0.962 bits per heavy atom. The molecule has 0 fully saturated rings. The molecule has 0 amide bonds. The molecule has 1 atom stereocenters. The molecule has 0 radical (unpaired) electrons. The lowest BCUT2D eigenvalue weighted by Crippen LogP contribution is -2.27. The van der Waals surface area contributed by atoms with Crippen molar-refractivity contribution in [2.45, 2.75) is 17.9 Å². The van der Waals surface area contributed by atoms with E-state index in [2.05, 4.69) is 4.72 Å². The average Bonchev–Trinajstić information content (AvgIpc) is 2.66. The van der Waals surface area contributed by atoms with E-state index in [1.54, 1.807) is 25.1 Å². The molecule has 0 saturated carbocycles. The van der Waals surface area contributed by atoms with Crippen LogP contribution in [-0.4, -0.2) is 35.9 Å². The Kier molecular flexibility index (Phi) is 5.24. The van der Waals surface area contributed by atoms with Crippen LogP contribution in [0.15, 0.2) is 41.3 Å². The second-order valence-electron chi connectivity index (χ2n) is 5.76. The van der Waals surface area contributed by atoms with E-state index < -0.39 is 16.1 Å². The van der Waals surface area contributed by atoms with Gasteiger partial charge in [-0.05, 0) is 36.8 Å². The quantitative estimate of drug-likeness (QED) is 0.830. The van der Waals surface area contributed by atoms with Gasteiger partial charge in [-0.25, -0.2) is 13.1 Å². The lowest BCUT2D eigenvalue weighted by atomic mass is 10.1. The first-order chi connectivity index (χ1) is 12.4. The number of hydrogen-bond acceptors (Lipinski definition) is 6. The maximum absolute atomic E-state index is 12.7. The van der Waals surface area contributed by atoms with Crippen molar-refractivity contribution in [3.05, 3.63) is 42.0 Å². The Labute approximate surface area is 152 Å². The van der Waals surface area contributed by atoms with Crippen molar-refractivity contribution in [3.63, 3.8) is 0 Å². The van der Waals surface area contributed by atoms with E-state index in [0.717, 1.165) is 5.56 Å². The normalized spacial score (nSPS) is 14.6. The fraction of sp³-hybridized carbons (Fsp3) is 0.333. The Morgan fingerprint density at radius 2 is 1.65 bits per heavy atom. The Hall–Kier alpha value is -2.45. The van der Waals surface area contributed by atoms with Crippen LogP contribution in [-0.2, 0) is 10.0 Å². The number of fused-ring (bicyclic) bond motifs is 1. The summed E-state index contributed by atoms with van der Waals surface area (Å²) in [6.07, 6.45) is 0. The molecule has 0 spiro atoms. The predicted octanol–water partition coefficient (Wildman–Crippen LogP) is 2.51. The fourth-order valence-corrected chi connectivity index (χ4v) is 3.93.